The third-order valence-corrected chi connectivity index (χ3v) is 7.52. The molecule has 3 aromatic heterocycles. The smallest absolute Gasteiger partial charge is 0.131 e. The number of anilines is 1. The molecule has 0 unspecified atom stereocenters. The largest absolute Gasteiger partial charge is 0.379 e. The molecule has 7 heteroatoms. The fourth-order valence-corrected chi connectivity index (χ4v) is 6.02. The number of nitrogens with two attached hydrogens (primary N) is 1. The fraction of sp³-hybridized carbons (Fsp3) is 0.421. The summed E-state index contributed by atoms with van der Waals surface area (Å²) in [4.78, 5) is 6.75. The minimum Gasteiger partial charge on any atom is -0.379 e. The van der Waals surface area contributed by atoms with Crippen molar-refractivity contribution in [3.63, 3.8) is 0 Å². The van der Waals surface area contributed by atoms with E-state index in [1.54, 1.807) is 22.7 Å². The van der Waals surface area contributed by atoms with Crippen molar-refractivity contribution < 1.29 is 4.39 Å². The highest BCUT2D eigenvalue weighted by Crippen LogP contribution is 2.44. The van der Waals surface area contributed by atoms with Crippen LogP contribution in [0.25, 0.3) is 10.2 Å². The molecule has 2 atom stereocenters. The number of nitrogens with zero attached hydrogens (tertiary/aromatic N) is 1. The molecule has 1 fully saturated rings. The van der Waals surface area contributed by atoms with Crippen LogP contribution in [0.1, 0.15) is 46.9 Å². The van der Waals surface area contributed by atoms with E-state index in [0.29, 0.717) is 22.8 Å². The van der Waals surface area contributed by atoms with E-state index in [0.717, 1.165) is 40.9 Å². The highest BCUT2D eigenvalue weighted by molar-refractivity contribution is 7.20. The van der Waals surface area contributed by atoms with Crippen LogP contribution in [0.2, 0.25) is 5.15 Å². The van der Waals surface area contributed by atoms with Crippen LogP contribution >= 0.6 is 34.3 Å². The maximum atomic E-state index is 14.0. The molecule has 3 nitrogen and oxygen atoms in total. The van der Waals surface area contributed by atoms with E-state index in [2.05, 4.69) is 21.7 Å². The van der Waals surface area contributed by atoms with Gasteiger partial charge in [-0.2, -0.15) is 0 Å². The predicted octanol–water partition coefficient (Wildman–Crippen LogP) is 6.08. The number of halogens is 2. The third kappa shape index (κ3) is 3.48. The van der Waals surface area contributed by atoms with Gasteiger partial charge in [-0.25, -0.2) is 9.37 Å². The van der Waals surface area contributed by atoms with Crippen LogP contribution in [0, 0.1) is 0 Å². The Morgan fingerprint density at radius 1 is 1.35 bits per heavy atom. The Morgan fingerprint density at radius 3 is 2.92 bits per heavy atom. The summed E-state index contributed by atoms with van der Waals surface area (Å²) in [5, 5.41) is 5.90. The maximum Gasteiger partial charge on any atom is 0.131 e. The van der Waals surface area contributed by atoms with Gasteiger partial charge in [-0.15, -0.1) is 22.7 Å². The lowest BCUT2D eigenvalue weighted by Crippen LogP contribution is -2.31. The summed E-state index contributed by atoms with van der Waals surface area (Å²) in [6.07, 6.45) is 4.33. The first kappa shape index (κ1) is 18.2. The summed E-state index contributed by atoms with van der Waals surface area (Å²) in [6, 6.07) is 6.05. The first-order valence-corrected chi connectivity index (χ1v) is 10.9. The molecular formula is C19H21ClFN3S2. The molecule has 0 spiro atoms. The van der Waals surface area contributed by atoms with Crippen LogP contribution in [-0.2, 0) is 13.2 Å². The van der Waals surface area contributed by atoms with E-state index in [-0.39, 0.29) is 12.0 Å². The van der Waals surface area contributed by atoms with Crippen LogP contribution in [0.15, 0.2) is 23.6 Å². The molecule has 1 saturated carbocycles. The molecule has 4 rings (SSSR count). The molecule has 0 aromatic carbocycles. The topological polar surface area (TPSA) is 50.9 Å². The molecular weight excluding hydrogens is 389 g/mol. The van der Waals surface area contributed by atoms with E-state index in [1.807, 2.05) is 12.1 Å². The van der Waals surface area contributed by atoms with Gasteiger partial charge in [-0.05, 0) is 24.3 Å². The monoisotopic (exact) mass is 409 g/mol. The Balaban J connectivity index is 1.75. The number of hydrogen-bond donors (Lipinski definition) is 2. The van der Waals surface area contributed by atoms with Crippen LogP contribution < -0.4 is 11.1 Å². The fourth-order valence-electron chi connectivity index (χ4n) is 3.74. The van der Waals surface area contributed by atoms with Crippen molar-refractivity contribution in [3.05, 3.63) is 44.1 Å². The normalized spacial score (nSPS) is 20.6. The van der Waals surface area contributed by atoms with Gasteiger partial charge in [0, 0.05) is 39.9 Å². The average molecular weight is 410 g/mol. The second-order valence-corrected chi connectivity index (χ2v) is 9.21. The first-order chi connectivity index (χ1) is 12.7. The quantitative estimate of drug-likeness (QED) is 0.502. The number of nitrogens with one attached hydrogen (secondary N) is 1. The Labute approximate surface area is 165 Å². The minimum absolute atomic E-state index is 0.0973. The molecule has 1 aliphatic carbocycles. The maximum absolute atomic E-state index is 14.0. The van der Waals surface area contributed by atoms with Crippen molar-refractivity contribution in [2.45, 2.75) is 50.9 Å². The van der Waals surface area contributed by atoms with Gasteiger partial charge >= 0.3 is 0 Å². The van der Waals surface area contributed by atoms with E-state index in [9.17, 15) is 4.39 Å². The van der Waals surface area contributed by atoms with Crippen LogP contribution in [0.3, 0.4) is 0 Å². The summed E-state index contributed by atoms with van der Waals surface area (Å²) in [7, 11) is 0. The number of fused-ring (bicyclic) bond motifs is 1. The molecule has 3 heterocycles. The van der Waals surface area contributed by atoms with Crippen molar-refractivity contribution in [3.8, 4) is 0 Å². The van der Waals surface area contributed by atoms with Gasteiger partial charge in [0.1, 0.15) is 11.8 Å². The van der Waals surface area contributed by atoms with Crippen LogP contribution in [0.4, 0.5) is 10.1 Å². The van der Waals surface area contributed by atoms with Gasteiger partial charge in [0.25, 0.3) is 0 Å². The number of aromatic nitrogens is 1. The summed E-state index contributed by atoms with van der Waals surface area (Å²) >= 11 is 9.58. The minimum atomic E-state index is -0.531. The van der Waals surface area contributed by atoms with Gasteiger partial charge in [-0.3, -0.25) is 0 Å². The molecule has 3 N–H and O–H groups in total. The number of alkyl halides is 1. The van der Waals surface area contributed by atoms with Crippen molar-refractivity contribution in [2.24, 2.45) is 5.73 Å². The van der Waals surface area contributed by atoms with Crippen molar-refractivity contribution in [2.75, 3.05) is 5.32 Å². The first-order valence-electron chi connectivity index (χ1n) is 8.87. The molecule has 0 radical (unpaired) electrons. The lowest BCUT2D eigenvalue weighted by Gasteiger charge is -2.28. The van der Waals surface area contributed by atoms with Gasteiger partial charge in [0.2, 0.25) is 0 Å². The number of hydrogen-bond acceptors (Lipinski definition) is 5. The summed E-state index contributed by atoms with van der Waals surface area (Å²) < 4.78 is 14.9. The Morgan fingerprint density at radius 2 is 2.19 bits per heavy atom. The molecule has 0 aliphatic heterocycles. The molecule has 0 amide bonds. The molecule has 1 aliphatic rings. The SMILES string of the molecule is N[C@H]1CCCC[C@@H]1c1sc2c(NCc3cccs3)cc(Cl)nc2c1CF. The Bertz CT molecular complexity index is 894. The highest BCUT2D eigenvalue weighted by Gasteiger charge is 2.29. The van der Waals surface area contributed by atoms with Gasteiger partial charge in [0.05, 0.1) is 15.9 Å². The zero-order valence-corrected chi connectivity index (χ0v) is 16.7. The highest BCUT2D eigenvalue weighted by atomic mass is 35.5. The molecule has 0 bridgehead atoms. The van der Waals surface area contributed by atoms with E-state index in [1.165, 1.54) is 4.88 Å². The summed E-state index contributed by atoms with van der Waals surface area (Å²) in [5.41, 5.74) is 8.65. The van der Waals surface area contributed by atoms with E-state index >= 15 is 0 Å². The van der Waals surface area contributed by atoms with Crippen molar-refractivity contribution in [1.29, 1.82) is 0 Å². The molecule has 0 saturated heterocycles. The summed E-state index contributed by atoms with van der Waals surface area (Å²) in [5.74, 6) is 0.220. The number of thiophene rings is 2. The van der Waals surface area contributed by atoms with Crippen molar-refractivity contribution >= 4 is 50.2 Å². The molecule has 138 valence electrons. The van der Waals surface area contributed by atoms with Crippen LogP contribution in [-0.4, -0.2) is 11.0 Å². The van der Waals surface area contributed by atoms with Gasteiger partial charge in [-0.1, -0.05) is 30.5 Å². The standard InChI is InChI=1S/C19H21ClFN3S2/c20-16-8-15(23-10-11-4-3-7-25-11)19-17(24-16)13(9-21)18(26-19)12-5-1-2-6-14(12)22/h3-4,7-8,12,14H,1-2,5-6,9-10,22H2,(H,23,24)/t12-,14-/m0/s1. The Hall–Kier alpha value is -1.21. The zero-order valence-electron chi connectivity index (χ0n) is 14.3. The molecule has 3 aromatic rings. The predicted molar refractivity (Wildman–Crippen MR) is 110 cm³/mol. The second-order valence-electron chi connectivity index (χ2n) is 6.74. The lowest BCUT2D eigenvalue weighted by molar-refractivity contribution is 0.384. The van der Waals surface area contributed by atoms with Gasteiger partial charge in [0.15, 0.2) is 0 Å². The van der Waals surface area contributed by atoms with Gasteiger partial charge < -0.3 is 11.1 Å². The summed E-state index contributed by atoms with van der Waals surface area (Å²) in [6.45, 7) is 0.185. The molecule has 26 heavy (non-hydrogen) atoms. The Kier molecular flexibility index (Phi) is 5.45. The lowest BCUT2D eigenvalue weighted by atomic mass is 9.83. The van der Waals surface area contributed by atoms with Crippen LogP contribution in [0.5, 0.6) is 0 Å². The number of rotatable bonds is 5. The van der Waals surface area contributed by atoms with E-state index in [4.69, 9.17) is 17.3 Å². The second kappa shape index (κ2) is 7.80. The van der Waals surface area contributed by atoms with Crippen molar-refractivity contribution in [1.82, 2.24) is 4.98 Å². The van der Waals surface area contributed by atoms with E-state index < -0.39 is 6.67 Å². The number of pyridine rings is 1. The zero-order chi connectivity index (χ0) is 18.1. The average Bonchev–Trinajstić information content (AvgIpc) is 3.27. The third-order valence-electron chi connectivity index (χ3n) is 5.06.